The number of aryl methyl sites for hydroxylation is 2. The van der Waals surface area contributed by atoms with E-state index >= 15 is 0 Å². The van der Waals surface area contributed by atoms with Gasteiger partial charge in [-0.3, -0.25) is 0 Å². The Labute approximate surface area is 102 Å². The Kier molecular flexibility index (Phi) is 3.65. The van der Waals surface area contributed by atoms with Gasteiger partial charge in [-0.25, -0.2) is 4.98 Å². The highest BCUT2D eigenvalue weighted by Crippen LogP contribution is 2.38. The molecule has 0 spiro atoms. The molecule has 0 radical (unpaired) electrons. The van der Waals surface area contributed by atoms with E-state index in [1.54, 1.807) is 11.3 Å². The van der Waals surface area contributed by atoms with Crippen LogP contribution < -0.4 is 5.73 Å². The largest absolute Gasteiger partial charge is 0.323 e. The molecule has 90 valence electrons. The van der Waals surface area contributed by atoms with Gasteiger partial charge in [0.1, 0.15) is 0 Å². The third kappa shape index (κ3) is 2.46. The number of nitrogens with zero attached hydrogens (tertiary/aromatic N) is 1. The van der Waals surface area contributed by atoms with Gasteiger partial charge in [0.25, 0.3) is 0 Å². The van der Waals surface area contributed by atoms with E-state index in [1.165, 1.54) is 30.6 Å². The van der Waals surface area contributed by atoms with Crippen LogP contribution in [0.25, 0.3) is 0 Å². The van der Waals surface area contributed by atoms with E-state index in [-0.39, 0.29) is 6.04 Å². The maximum absolute atomic E-state index is 6.42. The molecule has 0 aliphatic heterocycles. The summed E-state index contributed by atoms with van der Waals surface area (Å²) < 4.78 is 0. The first kappa shape index (κ1) is 12.1. The molecule has 0 aromatic carbocycles. The van der Waals surface area contributed by atoms with E-state index in [4.69, 9.17) is 5.73 Å². The molecule has 16 heavy (non-hydrogen) atoms. The zero-order valence-corrected chi connectivity index (χ0v) is 11.3. The van der Waals surface area contributed by atoms with Crippen LogP contribution in [0.1, 0.15) is 54.2 Å². The number of aromatic nitrogens is 1. The normalized spacial score (nSPS) is 28.0. The lowest BCUT2D eigenvalue weighted by Gasteiger charge is -2.30. The third-order valence-electron chi connectivity index (χ3n) is 3.73. The van der Waals surface area contributed by atoms with Gasteiger partial charge in [-0.15, -0.1) is 11.3 Å². The summed E-state index contributed by atoms with van der Waals surface area (Å²) >= 11 is 1.78. The van der Waals surface area contributed by atoms with Gasteiger partial charge in [0.05, 0.1) is 10.7 Å². The lowest BCUT2D eigenvalue weighted by Crippen LogP contribution is -2.26. The van der Waals surface area contributed by atoms with Gasteiger partial charge < -0.3 is 5.73 Å². The maximum atomic E-state index is 6.42. The Morgan fingerprint density at radius 1 is 1.38 bits per heavy atom. The van der Waals surface area contributed by atoms with Crippen LogP contribution in [-0.4, -0.2) is 4.98 Å². The van der Waals surface area contributed by atoms with E-state index in [1.807, 2.05) is 0 Å². The van der Waals surface area contributed by atoms with Crippen LogP contribution in [0.5, 0.6) is 0 Å². The second-order valence-corrected chi connectivity index (χ2v) is 6.47. The summed E-state index contributed by atoms with van der Waals surface area (Å²) in [4.78, 5) is 5.80. The molecule has 2 rings (SSSR count). The fraction of sp³-hybridized carbons (Fsp3) is 0.769. The van der Waals surface area contributed by atoms with Gasteiger partial charge in [-0.05, 0) is 38.5 Å². The van der Waals surface area contributed by atoms with Gasteiger partial charge in [-0.1, -0.05) is 19.8 Å². The summed E-state index contributed by atoms with van der Waals surface area (Å²) in [7, 11) is 0. The summed E-state index contributed by atoms with van der Waals surface area (Å²) in [5.41, 5.74) is 7.56. The minimum atomic E-state index is 0.217. The number of rotatable bonds is 2. The molecule has 1 aliphatic carbocycles. The first-order valence-corrected chi connectivity index (χ1v) is 7.09. The Morgan fingerprint density at radius 3 is 2.69 bits per heavy atom. The molecule has 3 heteroatoms. The van der Waals surface area contributed by atoms with Crippen molar-refractivity contribution in [1.82, 2.24) is 4.98 Å². The smallest absolute Gasteiger partial charge is 0.0900 e. The average molecular weight is 238 g/mol. The molecule has 2 N–H and O–H groups in total. The molecule has 1 fully saturated rings. The summed E-state index contributed by atoms with van der Waals surface area (Å²) in [6.07, 6.45) is 5.31. The Balaban J connectivity index is 2.11. The summed E-state index contributed by atoms with van der Waals surface area (Å²) in [6.45, 7) is 6.51. The van der Waals surface area contributed by atoms with Gasteiger partial charge in [-0.2, -0.15) is 0 Å². The van der Waals surface area contributed by atoms with Crippen molar-refractivity contribution in [2.24, 2.45) is 17.6 Å². The van der Waals surface area contributed by atoms with Crippen LogP contribution in [0.3, 0.4) is 0 Å². The van der Waals surface area contributed by atoms with E-state index in [9.17, 15) is 0 Å². The SMILES string of the molecule is Cc1nc(C)c(C(N)C2CCCC(C)C2)s1. The molecule has 0 saturated heterocycles. The predicted octanol–water partition coefficient (Wildman–Crippen LogP) is 3.59. The Morgan fingerprint density at radius 2 is 2.12 bits per heavy atom. The molecule has 1 aliphatic rings. The molecule has 1 aromatic heterocycles. The quantitative estimate of drug-likeness (QED) is 0.855. The minimum Gasteiger partial charge on any atom is -0.323 e. The lowest BCUT2D eigenvalue weighted by atomic mass is 9.78. The van der Waals surface area contributed by atoms with Crippen LogP contribution in [0, 0.1) is 25.7 Å². The molecule has 1 saturated carbocycles. The maximum Gasteiger partial charge on any atom is 0.0900 e. The van der Waals surface area contributed by atoms with E-state index in [0.29, 0.717) is 5.92 Å². The first-order valence-electron chi connectivity index (χ1n) is 6.27. The number of hydrogen-bond donors (Lipinski definition) is 1. The van der Waals surface area contributed by atoms with Gasteiger partial charge >= 0.3 is 0 Å². The van der Waals surface area contributed by atoms with Crippen LogP contribution in [0.4, 0.5) is 0 Å². The van der Waals surface area contributed by atoms with E-state index < -0.39 is 0 Å². The number of hydrogen-bond acceptors (Lipinski definition) is 3. The average Bonchev–Trinajstić information content (AvgIpc) is 2.57. The highest BCUT2D eigenvalue weighted by molar-refractivity contribution is 7.11. The van der Waals surface area contributed by atoms with Crippen molar-refractivity contribution >= 4 is 11.3 Å². The third-order valence-corrected chi connectivity index (χ3v) is 4.90. The molecular weight excluding hydrogens is 216 g/mol. The standard InChI is InChI=1S/C13H22N2S/c1-8-5-4-6-11(7-8)12(14)13-9(2)15-10(3)16-13/h8,11-12H,4-7,14H2,1-3H3. The van der Waals surface area contributed by atoms with Crippen molar-refractivity contribution in [3.05, 3.63) is 15.6 Å². The molecule has 0 bridgehead atoms. The summed E-state index contributed by atoms with van der Waals surface area (Å²) in [5, 5.41) is 1.15. The minimum absolute atomic E-state index is 0.217. The van der Waals surface area contributed by atoms with E-state index in [2.05, 4.69) is 25.8 Å². The van der Waals surface area contributed by atoms with Crippen LogP contribution in [0.15, 0.2) is 0 Å². The molecule has 1 aromatic rings. The van der Waals surface area contributed by atoms with Gasteiger partial charge in [0.15, 0.2) is 0 Å². The lowest BCUT2D eigenvalue weighted by molar-refractivity contribution is 0.249. The Bertz CT molecular complexity index is 359. The van der Waals surface area contributed by atoms with Crippen molar-refractivity contribution in [3.8, 4) is 0 Å². The number of nitrogens with two attached hydrogens (primary N) is 1. The highest BCUT2D eigenvalue weighted by atomic mass is 32.1. The van der Waals surface area contributed by atoms with Crippen molar-refractivity contribution in [3.63, 3.8) is 0 Å². The molecule has 1 heterocycles. The van der Waals surface area contributed by atoms with E-state index in [0.717, 1.165) is 16.6 Å². The summed E-state index contributed by atoms with van der Waals surface area (Å²) in [6, 6.07) is 0.217. The Hall–Kier alpha value is -0.410. The molecule has 2 nitrogen and oxygen atoms in total. The van der Waals surface area contributed by atoms with Crippen molar-refractivity contribution < 1.29 is 0 Å². The highest BCUT2D eigenvalue weighted by Gasteiger charge is 2.27. The summed E-state index contributed by atoms with van der Waals surface area (Å²) in [5.74, 6) is 1.52. The monoisotopic (exact) mass is 238 g/mol. The fourth-order valence-corrected chi connectivity index (χ4v) is 3.90. The zero-order chi connectivity index (χ0) is 11.7. The fourth-order valence-electron chi connectivity index (χ4n) is 2.88. The predicted molar refractivity (Wildman–Crippen MR) is 69.6 cm³/mol. The first-order chi connectivity index (χ1) is 7.58. The molecule has 3 atom stereocenters. The van der Waals surface area contributed by atoms with Crippen molar-refractivity contribution in [1.29, 1.82) is 0 Å². The van der Waals surface area contributed by atoms with Crippen molar-refractivity contribution in [2.75, 3.05) is 0 Å². The van der Waals surface area contributed by atoms with Crippen LogP contribution in [-0.2, 0) is 0 Å². The van der Waals surface area contributed by atoms with Crippen molar-refractivity contribution in [2.45, 2.75) is 52.5 Å². The van der Waals surface area contributed by atoms with Gasteiger partial charge in [0.2, 0.25) is 0 Å². The van der Waals surface area contributed by atoms with Crippen LogP contribution in [0.2, 0.25) is 0 Å². The second kappa shape index (κ2) is 4.84. The second-order valence-electron chi connectivity index (χ2n) is 5.24. The molecular formula is C13H22N2S. The number of thiazole rings is 1. The molecule has 0 amide bonds. The van der Waals surface area contributed by atoms with Gasteiger partial charge in [0, 0.05) is 10.9 Å². The van der Waals surface area contributed by atoms with Crippen LogP contribution >= 0.6 is 11.3 Å². The topological polar surface area (TPSA) is 38.9 Å². The zero-order valence-electron chi connectivity index (χ0n) is 10.5. The molecule has 3 unspecified atom stereocenters.